The monoisotopic (exact) mass is 272 g/mol. The van der Waals surface area contributed by atoms with E-state index in [-0.39, 0.29) is 24.7 Å². The molecule has 0 aromatic carbocycles. The Morgan fingerprint density at radius 1 is 1.42 bits per heavy atom. The van der Waals surface area contributed by atoms with Crippen molar-refractivity contribution in [3.63, 3.8) is 0 Å². The van der Waals surface area contributed by atoms with Gasteiger partial charge < -0.3 is 19.6 Å². The van der Waals surface area contributed by atoms with Gasteiger partial charge in [0.15, 0.2) is 0 Å². The quantitative estimate of drug-likeness (QED) is 0.793. The molecule has 6 heteroatoms. The molecule has 1 rings (SSSR count). The third-order valence-corrected chi connectivity index (χ3v) is 3.64. The van der Waals surface area contributed by atoms with Crippen LogP contribution in [0.15, 0.2) is 0 Å². The summed E-state index contributed by atoms with van der Waals surface area (Å²) in [6.45, 7) is 4.45. The molecular weight excluding hydrogens is 248 g/mol. The predicted octanol–water partition coefficient (Wildman–Crippen LogP) is 1.40. The van der Waals surface area contributed by atoms with E-state index in [9.17, 15) is 9.59 Å². The second kappa shape index (κ2) is 7.33. The number of likely N-dealkylation sites (tertiary alicyclic amines) is 1. The fraction of sp³-hybridized carbons (Fsp3) is 0.846. The van der Waals surface area contributed by atoms with Gasteiger partial charge in [-0.1, -0.05) is 6.92 Å². The Labute approximate surface area is 114 Å². The molecule has 0 aromatic heterocycles. The Morgan fingerprint density at radius 3 is 2.63 bits per heavy atom. The molecule has 1 aliphatic rings. The normalized spacial score (nSPS) is 22.6. The van der Waals surface area contributed by atoms with E-state index < -0.39 is 5.97 Å². The van der Waals surface area contributed by atoms with E-state index in [4.69, 9.17) is 9.84 Å². The molecule has 1 N–H and O–H groups in total. The summed E-state index contributed by atoms with van der Waals surface area (Å²) in [4.78, 5) is 26.6. The van der Waals surface area contributed by atoms with Gasteiger partial charge in [-0.15, -0.1) is 0 Å². The van der Waals surface area contributed by atoms with Crippen molar-refractivity contribution in [2.45, 2.75) is 45.2 Å². The number of amides is 2. The molecular formula is C13H24N2O4. The summed E-state index contributed by atoms with van der Waals surface area (Å²) < 4.78 is 4.94. The average Bonchev–Trinajstić information content (AvgIpc) is 2.74. The van der Waals surface area contributed by atoms with Crippen LogP contribution in [0.1, 0.15) is 33.1 Å². The van der Waals surface area contributed by atoms with Crippen molar-refractivity contribution in [3.05, 3.63) is 0 Å². The van der Waals surface area contributed by atoms with Gasteiger partial charge in [-0.25, -0.2) is 4.79 Å². The number of aliphatic carboxylic acids is 1. The Balaban J connectivity index is 2.75. The number of ether oxygens (including phenoxy) is 1. The summed E-state index contributed by atoms with van der Waals surface area (Å²) in [5.74, 6) is -0.996. The lowest BCUT2D eigenvalue weighted by molar-refractivity contribution is -0.137. The van der Waals surface area contributed by atoms with E-state index >= 15 is 0 Å². The van der Waals surface area contributed by atoms with Crippen LogP contribution in [-0.4, -0.2) is 65.8 Å². The molecule has 19 heavy (non-hydrogen) atoms. The van der Waals surface area contributed by atoms with Crippen LogP contribution in [-0.2, 0) is 9.53 Å². The molecule has 0 spiro atoms. The molecule has 6 nitrogen and oxygen atoms in total. The van der Waals surface area contributed by atoms with Crippen molar-refractivity contribution in [2.75, 3.05) is 26.8 Å². The van der Waals surface area contributed by atoms with E-state index in [0.29, 0.717) is 13.2 Å². The summed E-state index contributed by atoms with van der Waals surface area (Å²) in [5, 5.41) is 8.91. The van der Waals surface area contributed by atoms with E-state index in [1.165, 1.54) is 12.0 Å². The van der Waals surface area contributed by atoms with Crippen molar-refractivity contribution < 1.29 is 19.4 Å². The minimum absolute atomic E-state index is 0.177. The molecule has 1 heterocycles. The zero-order valence-electron chi connectivity index (χ0n) is 12.0. The van der Waals surface area contributed by atoms with Crippen LogP contribution in [0.2, 0.25) is 0 Å². The number of carboxylic acids is 1. The van der Waals surface area contributed by atoms with Crippen LogP contribution < -0.4 is 0 Å². The summed E-state index contributed by atoms with van der Waals surface area (Å²) in [7, 11) is 1.54. The van der Waals surface area contributed by atoms with Crippen molar-refractivity contribution in [1.29, 1.82) is 0 Å². The van der Waals surface area contributed by atoms with E-state index in [2.05, 4.69) is 6.92 Å². The topological polar surface area (TPSA) is 70.1 Å². The summed E-state index contributed by atoms with van der Waals surface area (Å²) in [5.41, 5.74) is 0. The first-order chi connectivity index (χ1) is 9.01. The molecule has 0 aliphatic carbocycles. The summed E-state index contributed by atoms with van der Waals surface area (Å²) in [6, 6.07) is 0.217. The summed E-state index contributed by atoms with van der Waals surface area (Å²) in [6.07, 6.45) is 2.88. The van der Waals surface area contributed by atoms with Gasteiger partial charge in [0.05, 0.1) is 6.61 Å². The first-order valence-electron chi connectivity index (χ1n) is 6.79. The highest BCUT2D eigenvalue weighted by atomic mass is 16.5. The van der Waals surface area contributed by atoms with Gasteiger partial charge in [0.2, 0.25) is 0 Å². The van der Waals surface area contributed by atoms with E-state index in [1.807, 2.05) is 11.8 Å². The molecule has 0 aromatic rings. The molecule has 110 valence electrons. The first kappa shape index (κ1) is 15.8. The maximum absolute atomic E-state index is 12.5. The number of carbonyl (C=O) groups excluding carboxylic acids is 1. The molecule has 0 saturated carbocycles. The number of urea groups is 1. The SMILES string of the molecule is CCC1CCC(C)N1C(=O)N(CCOC)CC(=O)O. The standard InChI is InChI=1S/C13H24N2O4/c1-4-11-6-5-10(2)15(11)13(18)14(7-8-19-3)9-12(16)17/h10-11H,4-9H2,1-3H3,(H,16,17). The van der Waals surface area contributed by atoms with Crippen molar-refractivity contribution in [2.24, 2.45) is 0 Å². The minimum atomic E-state index is -0.996. The number of carbonyl (C=O) groups is 2. The lowest BCUT2D eigenvalue weighted by Gasteiger charge is -2.33. The highest BCUT2D eigenvalue weighted by Gasteiger charge is 2.35. The number of hydrogen-bond donors (Lipinski definition) is 1. The molecule has 0 bridgehead atoms. The van der Waals surface area contributed by atoms with Crippen LogP contribution in [0.5, 0.6) is 0 Å². The number of carboxylic acid groups (broad SMARTS) is 1. The molecule has 2 amide bonds. The lowest BCUT2D eigenvalue weighted by atomic mass is 10.2. The predicted molar refractivity (Wildman–Crippen MR) is 71.1 cm³/mol. The second-order valence-electron chi connectivity index (χ2n) is 4.99. The van der Waals surface area contributed by atoms with Crippen LogP contribution in [0, 0.1) is 0 Å². The fourth-order valence-electron chi connectivity index (χ4n) is 2.59. The van der Waals surface area contributed by atoms with Crippen molar-refractivity contribution >= 4 is 12.0 Å². The van der Waals surface area contributed by atoms with Gasteiger partial charge in [-0.3, -0.25) is 4.79 Å². The Morgan fingerprint density at radius 2 is 2.11 bits per heavy atom. The van der Waals surface area contributed by atoms with Crippen LogP contribution in [0.3, 0.4) is 0 Å². The van der Waals surface area contributed by atoms with Gasteiger partial charge in [0.1, 0.15) is 6.54 Å². The number of methoxy groups -OCH3 is 1. The summed E-state index contributed by atoms with van der Waals surface area (Å²) >= 11 is 0. The van der Waals surface area contributed by atoms with E-state index in [0.717, 1.165) is 19.3 Å². The van der Waals surface area contributed by atoms with Gasteiger partial charge in [-0.2, -0.15) is 0 Å². The van der Waals surface area contributed by atoms with Crippen LogP contribution in [0.4, 0.5) is 4.79 Å². The maximum atomic E-state index is 12.5. The molecule has 1 aliphatic heterocycles. The molecule has 2 unspecified atom stereocenters. The minimum Gasteiger partial charge on any atom is -0.480 e. The smallest absolute Gasteiger partial charge is 0.323 e. The highest BCUT2D eigenvalue weighted by molar-refractivity contribution is 5.80. The number of hydrogen-bond acceptors (Lipinski definition) is 3. The van der Waals surface area contributed by atoms with Crippen LogP contribution >= 0.6 is 0 Å². The van der Waals surface area contributed by atoms with Crippen molar-refractivity contribution in [3.8, 4) is 0 Å². The molecule has 2 atom stereocenters. The fourth-order valence-corrected chi connectivity index (χ4v) is 2.59. The third-order valence-electron chi connectivity index (χ3n) is 3.64. The Kier molecular flexibility index (Phi) is 6.08. The number of rotatable bonds is 6. The molecule has 1 fully saturated rings. The van der Waals surface area contributed by atoms with Crippen molar-refractivity contribution in [1.82, 2.24) is 9.80 Å². The van der Waals surface area contributed by atoms with Gasteiger partial charge in [-0.05, 0) is 26.2 Å². The zero-order valence-corrected chi connectivity index (χ0v) is 12.0. The average molecular weight is 272 g/mol. The van der Waals surface area contributed by atoms with Crippen LogP contribution in [0.25, 0.3) is 0 Å². The molecule has 0 radical (unpaired) electrons. The molecule has 1 saturated heterocycles. The lowest BCUT2D eigenvalue weighted by Crippen LogP contribution is -2.50. The first-order valence-corrected chi connectivity index (χ1v) is 6.79. The van der Waals surface area contributed by atoms with Gasteiger partial charge in [0.25, 0.3) is 0 Å². The zero-order chi connectivity index (χ0) is 14.4. The Bertz CT molecular complexity index is 322. The van der Waals surface area contributed by atoms with Gasteiger partial charge >= 0.3 is 12.0 Å². The largest absolute Gasteiger partial charge is 0.480 e. The maximum Gasteiger partial charge on any atom is 0.323 e. The second-order valence-corrected chi connectivity index (χ2v) is 4.99. The Hall–Kier alpha value is -1.30. The van der Waals surface area contributed by atoms with E-state index in [1.54, 1.807) is 0 Å². The van der Waals surface area contributed by atoms with Gasteiger partial charge in [0, 0.05) is 25.7 Å². The number of nitrogens with zero attached hydrogens (tertiary/aromatic N) is 2. The highest BCUT2D eigenvalue weighted by Crippen LogP contribution is 2.27. The third kappa shape index (κ3) is 4.09.